The van der Waals surface area contributed by atoms with Crippen LogP contribution >= 0.6 is 11.3 Å². The van der Waals surface area contributed by atoms with E-state index in [1.54, 1.807) is 16.2 Å². The highest BCUT2D eigenvalue weighted by molar-refractivity contribution is 7.13. The third-order valence-electron chi connectivity index (χ3n) is 14.7. The normalized spacial score (nSPS) is 16.8. The van der Waals surface area contributed by atoms with Gasteiger partial charge in [-0.15, -0.1) is 11.3 Å². The SMILES string of the molecule is C=C(N[C@@H](C)c1ccc(-c2scnc2C)cc1)[C@@H]1C[C@@H](O)CN1C(=O)[C@@H](NC(=O)COCCOCCCc1ccc(-c2cc(C(=O)NCc3c(C)cc(C)[nH]c3=O)c(C)c(N(CC)C3CCOCC3)c2)cc1)C(C)(C)C. The number of rotatable bonds is 23. The molecule has 0 aliphatic carbocycles. The van der Waals surface area contributed by atoms with E-state index < -0.39 is 29.5 Å². The molecular formula is C60H79N7O8S. The molecule has 4 atom stereocenters. The number of nitrogens with one attached hydrogen (secondary N) is 4. The Bertz CT molecular complexity index is 2850. The Balaban J connectivity index is 0.874. The van der Waals surface area contributed by atoms with E-state index in [0.29, 0.717) is 55.7 Å². The molecule has 3 amide bonds. The number of hydrogen-bond donors (Lipinski definition) is 5. The van der Waals surface area contributed by atoms with E-state index in [4.69, 9.17) is 14.2 Å². The summed E-state index contributed by atoms with van der Waals surface area (Å²) in [5, 5.41) is 20.2. The van der Waals surface area contributed by atoms with Gasteiger partial charge in [0.15, 0.2) is 0 Å². The number of nitrogens with zero attached hydrogens (tertiary/aromatic N) is 3. The van der Waals surface area contributed by atoms with Crippen molar-refractivity contribution < 1.29 is 33.7 Å². The van der Waals surface area contributed by atoms with Gasteiger partial charge in [0.05, 0.1) is 41.4 Å². The number of thiazole rings is 1. The summed E-state index contributed by atoms with van der Waals surface area (Å²) in [5.74, 6) is -0.927. The van der Waals surface area contributed by atoms with Crippen LogP contribution in [0.5, 0.6) is 0 Å². The zero-order chi connectivity index (χ0) is 54.7. The van der Waals surface area contributed by atoms with Gasteiger partial charge in [0.2, 0.25) is 11.8 Å². The van der Waals surface area contributed by atoms with Gasteiger partial charge in [0.1, 0.15) is 12.6 Å². The number of amides is 3. The number of H-pyrrole nitrogens is 1. The summed E-state index contributed by atoms with van der Waals surface area (Å²) >= 11 is 1.61. The number of carbonyl (C=O) groups is 3. The monoisotopic (exact) mass is 1060 g/mol. The summed E-state index contributed by atoms with van der Waals surface area (Å²) in [5.41, 5.74) is 12.5. The second-order valence-electron chi connectivity index (χ2n) is 21.4. The summed E-state index contributed by atoms with van der Waals surface area (Å²) in [6.07, 6.45) is 3.01. The molecule has 2 aliphatic heterocycles. The molecule has 2 aliphatic rings. The molecule has 76 heavy (non-hydrogen) atoms. The molecule has 16 heteroatoms. The first kappa shape index (κ1) is 57.5. The van der Waals surface area contributed by atoms with E-state index in [-0.39, 0.29) is 49.7 Å². The molecule has 4 heterocycles. The third-order valence-corrected chi connectivity index (χ3v) is 15.7. The summed E-state index contributed by atoms with van der Waals surface area (Å²) in [4.78, 5) is 66.7. The van der Waals surface area contributed by atoms with Crippen LogP contribution < -0.4 is 26.4 Å². The number of aromatic nitrogens is 2. The zero-order valence-corrected chi connectivity index (χ0v) is 46.8. The van der Waals surface area contributed by atoms with Crippen LogP contribution in [0.2, 0.25) is 0 Å². The van der Waals surface area contributed by atoms with Gasteiger partial charge in [-0.3, -0.25) is 19.2 Å². The lowest BCUT2D eigenvalue weighted by Gasteiger charge is -2.37. The lowest BCUT2D eigenvalue weighted by atomic mass is 9.85. The molecule has 408 valence electrons. The number of likely N-dealkylation sites (tertiary alicyclic amines) is 1. The topological polar surface area (TPSA) is 187 Å². The van der Waals surface area contributed by atoms with Gasteiger partial charge in [0, 0.05) is 86.2 Å². The lowest BCUT2D eigenvalue weighted by Crippen LogP contribution is -2.57. The maximum Gasteiger partial charge on any atom is 0.253 e. The average molecular weight is 1060 g/mol. The van der Waals surface area contributed by atoms with Gasteiger partial charge in [-0.25, -0.2) is 4.98 Å². The van der Waals surface area contributed by atoms with Crippen LogP contribution in [0.3, 0.4) is 0 Å². The largest absolute Gasteiger partial charge is 0.391 e. The first-order valence-electron chi connectivity index (χ1n) is 26.8. The van der Waals surface area contributed by atoms with Gasteiger partial charge in [-0.1, -0.05) is 75.9 Å². The second-order valence-corrected chi connectivity index (χ2v) is 22.3. The fourth-order valence-corrected chi connectivity index (χ4v) is 11.2. The van der Waals surface area contributed by atoms with E-state index in [9.17, 15) is 24.3 Å². The molecule has 5 N–H and O–H groups in total. The molecule has 0 bridgehead atoms. The number of pyridine rings is 1. The van der Waals surface area contributed by atoms with Crippen LogP contribution in [0.25, 0.3) is 21.6 Å². The number of hydrogen-bond acceptors (Lipinski definition) is 12. The number of anilines is 1. The number of benzene rings is 3. The Morgan fingerprint density at radius 1 is 0.947 bits per heavy atom. The quantitative estimate of drug-likeness (QED) is 0.0394. The summed E-state index contributed by atoms with van der Waals surface area (Å²) < 4.78 is 17.3. The summed E-state index contributed by atoms with van der Waals surface area (Å²) in [6, 6.07) is 21.7. The lowest BCUT2D eigenvalue weighted by molar-refractivity contribution is -0.141. The van der Waals surface area contributed by atoms with Crippen molar-refractivity contribution in [3.63, 3.8) is 0 Å². The number of aliphatic hydroxyl groups is 1. The molecule has 5 aromatic rings. The number of carbonyl (C=O) groups excluding carboxylic acids is 3. The van der Waals surface area contributed by atoms with Crippen LogP contribution in [0.15, 0.2) is 89.3 Å². The van der Waals surface area contributed by atoms with Crippen molar-refractivity contribution in [3.05, 3.63) is 140 Å². The Labute approximate surface area is 452 Å². The maximum absolute atomic E-state index is 14.2. The van der Waals surface area contributed by atoms with E-state index in [2.05, 4.69) is 98.9 Å². The smallest absolute Gasteiger partial charge is 0.253 e. The van der Waals surface area contributed by atoms with Crippen LogP contribution in [0, 0.1) is 33.1 Å². The Kier molecular flexibility index (Phi) is 19.9. The zero-order valence-electron chi connectivity index (χ0n) is 46.0. The maximum atomic E-state index is 14.2. The number of aryl methyl sites for hydroxylation is 4. The van der Waals surface area contributed by atoms with E-state index in [0.717, 1.165) is 93.1 Å². The Hall–Kier alpha value is -6.17. The minimum atomic E-state index is -0.866. The van der Waals surface area contributed by atoms with E-state index >= 15 is 0 Å². The van der Waals surface area contributed by atoms with Crippen LogP contribution in [-0.2, 0) is 36.8 Å². The molecule has 0 spiro atoms. The molecule has 2 aromatic heterocycles. The highest BCUT2D eigenvalue weighted by Crippen LogP contribution is 2.35. The van der Waals surface area contributed by atoms with Crippen molar-refractivity contribution in [3.8, 4) is 21.6 Å². The van der Waals surface area contributed by atoms with Crippen LogP contribution in [-0.4, -0.2) is 115 Å². The molecule has 0 saturated carbocycles. The Morgan fingerprint density at radius 2 is 1.64 bits per heavy atom. The van der Waals surface area contributed by atoms with Crippen molar-refractivity contribution in [2.75, 3.05) is 57.6 Å². The molecule has 0 unspecified atom stereocenters. The van der Waals surface area contributed by atoms with Gasteiger partial charge in [-0.05, 0) is 130 Å². The fraction of sp³-hybridized carbons (Fsp3) is 0.483. The molecular weight excluding hydrogens is 979 g/mol. The van der Waals surface area contributed by atoms with Crippen LogP contribution in [0.1, 0.15) is 116 Å². The number of aromatic amines is 1. The molecule has 15 nitrogen and oxygen atoms in total. The van der Waals surface area contributed by atoms with Crippen molar-refractivity contribution >= 4 is 34.7 Å². The van der Waals surface area contributed by atoms with Gasteiger partial charge >= 0.3 is 0 Å². The molecule has 3 aromatic carbocycles. The van der Waals surface area contributed by atoms with Crippen molar-refractivity contribution in [2.45, 2.75) is 131 Å². The van der Waals surface area contributed by atoms with E-state index in [1.807, 2.05) is 73.0 Å². The van der Waals surface area contributed by atoms with E-state index in [1.165, 1.54) is 0 Å². The number of ether oxygens (including phenoxy) is 3. The molecule has 7 rings (SSSR count). The first-order chi connectivity index (χ1) is 36.3. The van der Waals surface area contributed by atoms with Crippen molar-refractivity contribution in [2.24, 2.45) is 5.41 Å². The molecule has 2 saturated heterocycles. The number of β-amino-alcohol motifs (C(OH)–C–C–N with tert-alkyl or cyclic N) is 1. The highest BCUT2D eigenvalue weighted by atomic mass is 32.1. The average Bonchev–Trinajstić information content (AvgIpc) is 4.03. The highest BCUT2D eigenvalue weighted by Gasteiger charge is 2.43. The van der Waals surface area contributed by atoms with Gasteiger partial charge in [-0.2, -0.15) is 0 Å². The second kappa shape index (κ2) is 26.3. The first-order valence-corrected chi connectivity index (χ1v) is 27.7. The predicted octanol–water partition coefficient (Wildman–Crippen LogP) is 8.66. The van der Waals surface area contributed by atoms with Gasteiger partial charge in [0.25, 0.3) is 11.5 Å². The number of aliphatic hydroxyl groups excluding tert-OH is 1. The minimum Gasteiger partial charge on any atom is -0.391 e. The summed E-state index contributed by atoms with van der Waals surface area (Å²) in [6.45, 7) is 25.2. The molecule has 0 radical (unpaired) electrons. The molecule has 2 fully saturated rings. The fourth-order valence-electron chi connectivity index (χ4n) is 10.4. The minimum absolute atomic E-state index is 0.105. The predicted molar refractivity (Wildman–Crippen MR) is 302 cm³/mol. The third kappa shape index (κ3) is 14.6. The summed E-state index contributed by atoms with van der Waals surface area (Å²) in [7, 11) is 0. The van der Waals surface area contributed by atoms with Crippen molar-refractivity contribution in [1.29, 1.82) is 0 Å². The van der Waals surface area contributed by atoms with Crippen LogP contribution in [0.4, 0.5) is 5.69 Å². The van der Waals surface area contributed by atoms with Gasteiger partial charge < -0.3 is 50.1 Å². The Morgan fingerprint density at radius 3 is 2.30 bits per heavy atom. The van der Waals surface area contributed by atoms with Crippen molar-refractivity contribution in [1.82, 2.24) is 30.8 Å². The standard InChI is InChI=1S/C60H79N7O8S/c1-11-66(48-22-25-74-26-23-48)52-31-47(30-50(39(52)4)57(70)61-33-51-37(2)29-38(3)63-58(51)71)45-16-14-43(15-17-45)13-12-24-73-27-28-75-35-54(69)65-56(60(8,9)10)59(72)67-34-49(68)32-53(67)41(6)64-40(5)44-18-20-46(21-19-44)55-42(7)62-36-76-55/h14-21,29-31,36,40,48-49,53,56,64,68H,6,11-13,22-28,32-35H2,1-5,7-10H3,(H,61,70)(H,63,71)(H,65,69)/t40-,49+,53-,56+/m0/s1.